The van der Waals surface area contributed by atoms with Gasteiger partial charge in [-0.25, -0.2) is 18.7 Å². The molecule has 3 N–H and O–H groups in total. The molecule has 0 aliphatic heterocycles. The largest absolute Gasteiger partial charge is 0.393 e. The van der Waals surface area contributed by atoms with Gasteiger partial charge in [0.25, 0.3) is 5.91 Å². The second-order valence-electron chi connectivity index (χ2n) is 8.27. The highest BCUT2D eigenvalue weighted by Crippen LogP contribution is 2.34. The van der Waals surface area contributed by atoms with Gasteiger partial charge in [-0.2, -0.15) is 0 Å². The number of aromatic nitrogens is 2. The molecule has 37 heavy (non-hydrogen) atoms. The SMILES string of the molecule is CN/C=C\NCCCCNC(=O)c1ccc2nc(-c3ccc(F)cc3)c(-c3cccc(Cl)c3F)nc2c1. The van der Waals surface area contributed by atoms with E-state index in [2.05, 4.69) is 20.9 Å². The van der Waals surface area contributed by atoms with Crippen molar-refractivity contribution in [2.24, 2.45) is 0 Å². The molecule has 190 valence electrons. The number of benzene rings is 3. The predicted octanol–water partition coefficient (Wildman–Crippen LogP) is 5.69. The molecule has 0 atom stereocenters. The molecule has 0 fully saturated rings. The van der Waals surface area contributed by atoms with E-state index in [0.717, 1.165) is 19.4 Å². The Kier molecular flexibility index (Phi) is 8.64. The zero-order valence-corrected chi connectivity index (χ0v) is 20.9. The van der Waals surface area contributed by atoms with Gasteiger partial charge in [-0.3, -0.25) is 4.79 Å². The maximum absolute atomic E-state index is 15.0. The van der Waals surface area contributed by atoms with E-state index < -0.39 is 11.6 Å². The molecule has 4 rings (SSSR count). The van der Waals surface area contributed by atoms with Crippen LogP contribution in [0.3, 0.4) is 0 Å². The minimum atomic E-state index is -0.633. The molecule has 0 aliphatic carbocycles. The van der Waals surface area contributed by atoms with Gasteiger partial charge in [0.1, 0.15) is 11.5 Å². The minimum absolute atomic E-state index is 0.0502. The zero-order valence-electron chi connectivity index (χ0n) is 20.2. The molecule has 1 heterocycles. The van der Waals surface area contributed by atoms with Gasteiger partial charge in [0.05, 0.1) is 21.7 Å². The summed E-state index contributed by atoms with van der Waals surface area (Å²) in [4.78, 5) is 22.1. The van der Waals surface area contributed by atoms with Crippen molar-refractivity contribution in [3.63, 3.8) is 0 Å². The molecule has 1 amide bonds. The van der Waals surface area contributed by atoms with Crippen molar-refractivity contribution in [3.8, 4) is 22.5 Å². The lowest BCUT2D eigenvalue weighted by Gasteiger charge is -2.13. The molecule has 0 bridgehead atoms. The summed E-state index contributed by atoms with van der Waals surface area (Å²) in [6, 6.07) is 15.4. The Morgan fingerprint density at radius 2 is 1.68 bits per heavy atom. The number of hydrogen-bond donors (Lipinski definition) is 3. The average molecular weight is 522 g/mol. The first-order valence-electron chi connectivity index (χ1n) is 11.8. The molecule has 0 saturated heterocycles. The Labute approximate surface area is 218 Å². The molecule has 0 aliphatic rings. The van der Waals surface area contributed by atoms with Crippen molar-refractivity contribution in [1.29, 1.82) is 0 Å². The van der Waals surface area contributed by atoms with Gasteiger partial charge in [-0.05, 0) is 67.4 Å². The average Bonchev–Trinajstić information content (AvgIpc) is 2.91. The van der Waals surface area contributed by atoms with Gasteiger partial charge < -0.3 is 16.0 Å². The number of unbranched alkanes of at least 4 members (excludes halogenated alkanes) is 1. The second-order valence-corrected chi connectivity index (χ2v) is 8.68. The van der Waals surface area contributed by atoms with Gasteiger partial charge in [-0.1, -0.05) is 17.7 Å². The van der Waals surface area contributed by atoms with Crippen molar-refractivity contribution in [1.82, 2.24) is 25.9 Å². The number of hydrogen-bond acceptors (Lipinski definition) is 5. The number of carbonyl (C=O) groups excluding carboxylic acids is 1. The fourth-order valence-corrected chi connectivity index (χ4v) is 3.94. The van der Waals surface area contributed by atoms with Crippen LogP contribution < -0.4 is 16.0 Å². The highest BCUT2D eigenvalue weighted by Gasteiger charge is 2.19. The summed E-state index contributed by atoms with van der Waals surface area (Å²) in [6.07, 6.45) is 5.36. The quantitative estimate of drug-likeness (QED) is 0.234. The molecular weight excluding hydrogens is 496 g/mol. The Hall–Kier alpha value is -4.04. The number of rotatable bonds is 10. The summed E-state index contributed by atoms with van der Waals surface area (Å²) in [5.74, 6) is -1.26. The Balaban J connectivity index is 1.61. The van der Waals surface area contributed by atoms with Crippen molar-refractivity contribution >= 4 is 28.5 Å². The van der Waals surface area contributed by atoms with E-state index in [1.165, 1.54) is 18.2 Å². The lowest BCUT2D eigenvalue weighted by atomic mass is 10.0. The highest BCUT2D eigenvalue weighted by atomic mass is 35.5. The number of nitrogens with one attached hydrogen (secondary N) is 3. The van der Waals surface area contributed by atoms with E-state index in [1.807, 2.05) is 13.2 Å². The maximum atomic E-state index is 15.0. The van der Waals surface area contributed by atoms with Crippen molar-refractivity contribution in [3.05, 3.63) is 95.3 Å². The van der Waals surface area contributed by atoms with Crippen molar-refractivity contribution in [2.75, 3.05) is 20.1 Å². The van der Waals surface area contributed by atoms with E-state index in [0.29, 0.717) is 34.4 Å². The van der Waals surface area contributed by atoms with Gasteiger partial charge in [0, 0.05) is 49.2 Å². The monoisotopic (exact) mass is 521 g/mol. The summed E-state index contributed by atoms with van der Waals surface area (Å²) < 4.78 is 28.6. The summed E-state index contributed by atoms with van der Waals surface area (Å²) in [6.45, 7) is 1.33. The zero-order chi connectivity index (χ0) is 26.2. The summed E-state index contributed by atoms with van der Waals surface area (Å²) >= 11 is 6.03. The van der Waals surface area contributed by atoms with Crippen LogP contribution in [0.15, 0.2) is 73.1 Å². The van der Waals surface area contributed by atoms with Crippen LogP contribution in [-0.4, -0.2) is 36.0 Å². The Morgan fingerprint density at radius 1 is 0.919 bits per heavy atom. The fraction of sp³-hybridized carbons (Fsp3) is 0.179. The molecule has 0 unspecified atom stereocenters. The lowest BCUT2D eigenvalue weighted by molar-refractivity contribution is 0.0953. The van der Waals surface area contributed by atoms with E-state index in [4.69, 9.17) is 16.6 Å². The second kappa shape index (κ2) is 12.3. The topological polar surface area (TPSA) is 78.9 Å². The Morgan fingerprint density at radius 3 is 2.46 bits per heavy atom. The minimum Gasteiger partial charge on any atom is -0.393 e. The first-order valence-corrected chi connectivity index (χ1v) is 12.2. The Bertz CT molecular complexity index is 1430. The predicted molar refractivity (Wildman–Crippen MR) is 143 cm³/mol. The molecule has 3 aromatic carbocycles. The molecular formula is C28H26ClF2N5O. The van der Waals surface area contributed by atoms with Gasteiger partial charge >= 0.3 is 0 Å². The molecule has 0 radical (unpaired) electrons. The smallest absolute Gasteiger partial charge is 0.251 e. The van der Waals surface area contributed by atoms with E-state index in [9.17, 15) is 9.18 Å². The first-order chi connectivity index (χ1) is 18.0. The standard InChI is InChI=1S/C28H26ClF2N5O/c1-32-15-16-33-13-2-3-14-34-28(37)19-9-12-23-24(17-19)36-27(21-5-4-6-22(29)25(21)31)26(35-23)18-7-10-20(30)11-8-18/h4-12,15-17,32-33H,2-3,13-14H2,1H3,(H,34,37)/b16-15-. The van der Waals surface area contributed by atoms with Gasteiger partial charge in [-0.15, -0.1) is 0 Å². The summed E-state index contributed by atoms with van der Waals surface area (Å²) in [5, 5.41) is 8.91. The molecule has 0 saturated carbocycles. The highest BCUT2D eigenvalue weighted by molar-refractivity contribution is 6.31. The van der Waals surface area contributed by atoms with Crippen molar-refractivity contribution in [2.45, 2.75) is 12.8 Å². The summed E-state index contributed by atoms with van der Waals surface area (Å²) in [5.41, 5.74) is 2.72. The number of halogens is 3. The summed E-state index contributed by atoms with van der Waals surface area (Å²) in [7, 11) is 1.83. The van der Waals surface area contributed by atoms with Crippen LogP contribution in [0, 0.1) is 11.6 Å². The number of nitrogens with zero attached hydrogens (tertiary/aromatic N) is 2. The molecule has 1 aromatic heterocycles. The third kappa shape index (κ3) is 6.40. The van der Waals surface area contributed by atoms with Crippen LogP contribution in [-0.2, 0) is 0 Å². The first kappa shape index (κ1) is 26.0. The van der Waals surface area contributed by atoms with Gasteiger partial charge in [0.15, 0.2) is 5.82 Å². The third-order valence-electron chi connectivity index (χ3n) is 5.65. The fourth-order valence-electron chi connectivity index (χ4n) is 3.76. The van der Waals surface area contributed by atoms with Gasteiger partial charge in [0.2, 0.25) is 0 Å². The van der Waals surface area contributed by atoms with Crippen LogP contribution in [0.5, 0.6) is 0 Å². The van der Waals surface area contributed by atoms with E-state index in [1.54, 1.807) is 48.7 Å². The molecule has 9 heteroatoms. The normalized spacial score (nSPS) is 11.1. The van der Waals surface area contributed by atoms with E-state index in [-0.39, 0.29) is 22.2 Å². The molecule has 0 spiro atoms. The van der Waals surface area contributed by atoms with Crippen LogP contribution in [0.4, 0.5) is 8.78 Å². The third-order valence-corrected chi connectivity index (χ3v) is 5.94. The van der Waals surface area contributed by atoms with Crippen LogP contribution in [0.2, 0.25) is 5.02 Å². The number of amides is 1. The van der Waals surface area contributed by atoms with Crippen LogP contribution in [0.1, 0.15) is 23.2 Å². The van der Waals surface area contributed by atoms with E-state index >= 15 is 4.39 Å². The maximum Gasteiger partial charge on any atom is 0.251 e. The molecule has 6 nitrogen and oxygen atoms in total. The van der Waals surface area contributed by atoms with Crippen molar-refractivity contribution < 1.29 is 13.6 Å². The number of fused-ring (bicyclic) bond motifs is 1. The lowest BCUT2D eigenvalue weighted by Crippen LogP contribution is -2.25. The molecule has 4 aromatic rings. The number of carbonyl (C=O) groups is 1. The van der Waals surface area contributed by atoms with Crippen LogP contribution >= 0.6 is 11.6 Å². The van der Waals surface area contributed by atoms with Crippen LogP contribution in [0.25, 0.3) is 33.5 Å².